The van der Waals surface area contributed by atoms with E-state index >= 15 is 0 Å². The molecule has 0 spiro atoms. The Labute approximate surface area is 90.9 Å². The molecule has 3 heteroatoms. The average Bonchev–Trinajstić information content (AvgIpc) is 2.30. The highest BCUT2D eigenvalue weighted by molar-refractivity contribution is 5.97. The molecule has 0 aliphatic heterocycles. The molecule has 0 bridgehead atoms. The summed E-state index contributed by atoms with van der Waals surface area (Å²) < 4.78 is 0. The van der Waals surface area contributed by atoms with Crippen molar-refractivity contribution >= 4 is 11.5 Å². The molecule has 1 rings (SSSR count). The summed E-state index contributed by atoms with van der Waals surface area (Å²) in [7, 11) is 0. The summed E-state index contributed by atoms with van der Waals surface area (Å²) in [5.74, 6) is -0.0129. The third-order valence-electron chi connectivity index (χ3n) is 2.50. The minimum absolute atomic E-state index is 0.0129. The monoisotopic (exact) mass is 206 g/mol. The lowest BCUT2D eigenvalue weighted by Gasteiger charge is -2.20. The van der Waals surface area contributed by atoms with Crippen LogP contribution in [0.4, 0.5) is 5.69 Å². The molecule has 1 aromatic carbocycles. The van der Waals surface area contributed by atoms with Crippen LogP contribution in [0, 0.1) is 0 Å². The van der Waals surface area contributed by atoms with E-state index in [1.165, 1.54) is 0 Å². The van der Waals surface area contributed by atoms with Crippen molar-refractivity contribution in [3.63, 3.8) is 0 Å². The van der Waals surface area contributed by atoms with E-state index < -0.39 is 0 Å². The van der Waals surface area contributed by atoms with E-state index in [9.17, 15) is 4.79 Å². The fraction of sp³-hybridized carbons (Fsp3) is 0.417. The molecule has 0 fully saturated rings. The summed E-state index contributed by atoms with van der Waals surface area (Å²) in [6.45, 7) is 6.25. The van der Waals surface area contributed by atoms with Gasteiger partial charge in [0.15, 0.2) is 5.78 Å². The van der Waals surface area contributed by atoms with Crippen molar-refractivity contribution in [3.8, 4) is 0 Å². The average molecular weight is 206 g/mol. The van der Waals surface area contributed by atoms with Crippen molar-refractivity contribution in [1.29, 1.82) is 0 Å². The van der Waals surface area contributed by atoms with Gasteiger partial charge in [-0.15, -0.1) is 0 Å². The maximum atomic E-state index is 11.3. The zero-order valence-corrected chi connectivity index (χ0v) is 9.36. The number of carbonyl (C=O) groups is 1. The third-order valence-corrected chi connectivity index (χ3v) is 2.50. The molecule has 0 atom stereocenters. The topological polar surface area (TPSA) is 46.3 Å². The highest BCUT2D eigenvalue weighted by atomic mass is 16.1. The molecule has 3 nitrogen and oxygen atoms in total. The second kappa shape index (κ2) is 5.51. The summed E-state index contributed by atoms with van der Waals surface area (Å²) >= 11 is 0. The summed E-state index contributed by atoms with van der Waals surface area (Å²) in [6, 6.07) is 7.61. The fourth-order valence-corrected chi connectivity index (χ4v) is 1.56. The molecule has 2 N–H and O–H groups in total. The number of ketones is 1. The van der Waals surface area contributed by atoms with Gasteiger partial charge in [0.1, 0.15) is 0 Å². The Balaban J connectivity index is 2.84. The van der Waals surface area contributed by atoms with E-state index in [4.69, 9.17) is 5.73 Å². The second-order valence-electron chi connectivity index (χ2n) is 3.35. The molecule has 0 aromatic heterocycles. The number of benzene rings is 1. The van der Waals surface area contributed by atoms with Crippen LogP contribution in [0.2, 0.25) is 0 Å². The van der Waals surface area contributed by atoms with Crippen LogP contribution in [-0.4, -0.2) is 25.4 Å². The first-order chi connectivity index (χ1) is 7.22. The largest absolute Gasteiger partial charge is 0.372 e. The maximum absolute atomic E-state index is 11.3. The predicted octanol–water partition coefficient (Wildman–Crippen LogP) is 1.67. The van der Waals surface area contributed by atoms with Crippen molar-refractivity contribution in [2.75, 3.05) is 24.5 Å². The number of anilines is 1. The van der Waals surface area contributed by atoms with Crippen LogP contribution in [0.25, 0.3) is 0 Å². The van der Waals surface area contributed by atoms with Gasteiger partial charge in [0.25, 0.3) is 0 Å². The molecule has 0 amide bonds. The number of nitrogens with two attached hydrogens (primary N) is 1. The quantitative estimate of drug-likeness (QED) is 0.745. The van der Waals surface area contributed by atoms with Gasteiger partial charge in [0.2, 0.25) is 0 Å². The Morgan fingerprint density at radius 2 is 1.73 bits per heavy atom. The van der Waals surface area contributed by atoms with Crippen LogP contribution in [-0.2, 0) is 0 Å². The number of hydrogen-bond donors (Lipinski definition) is 1. The van der Waals surface area contributed by atoms with E-state index in [1.54, 1.807) is 0 Å². The highest BCUT2D eigenvalue weighted by Crippen LogP contribution is 2.14. The normalized spacial score (nSPS) is 10.1. The summed E-state index contributed by atoms with van der Waals surface area (Å²) in [5.41, 5.74) is 7.13. The zero-order valence-electron chi connectivity index (χ0n) is 9.36. The number of nitrogens with zero attached hydrogens (tertiary/aromatic N) is 1. The minimum atomic E-state index is -0.0129. The summed E-state index contributed by atoms with van der Waals surface area (Å²) in [4.78, 5) is 13.5. The lowest BCUT2D eigenvalue weighted by Crippen LogP contribution is -2.21. The van der Waals surface area contributed by atoms with Crippen LogP contribution in [0.3, 0.4) is 0 Å². The number of Topliss-reactive ketones (excluding diaryl/α,β-unsaturated/α-hetero) is 1. The SMILES string of the molecule is CCN(CC)c1ccc(C(=O)CN)cc1. The van der Waals surface area contributed by atoms with Crippen LogP contribution >= 0.6 is 0 Å². The molecule has 0 aliphatic rings. The lowest BCUT2D eigenvalue weighted by atomic mass is 10.1. The van der Waals surface area contributed by atoms with Crippen molar-refractivity contribution in [3.05, 3.63) is 29.8 Å². The summed E-state index contributed by atoms with van der Waals surface area (Å²) in [6.07, 6.45) is 0. The molecule has 82 valence electrons. The van der Waals surface area contributed by atoms with Gasteiger partial charge in [-0.2, -0.15) is 0 Å². The molecular formula is C12H18N2O. The Hall–Kier alpha value is -1.35. The molecule has 15 heavy (non-hydrogen) atoms. The molecule has 0 heterocycles. The lowest BCUT2D eigenvalue weighted by molar-refractivity contribution is 0.100. The molecule has 0 unspecified atom stereocenters. The standard InChI is InChI=1S/C12H18N2O/c1-3-14(4-2)11-7-5-10(6-8-11)12(15)9-13/h5-8H,3-4,9,13H2,1-2H3. The Morgan fingerprint density at radius 3 is 2.13 bits per heavy atom. The smallest absolute Gasteiger partial charge is 0.176 e. The van der Waals surface area contributed by atoms with E-state index in [0.29, 0.717) is 5.56 Å². The molecule has 0 aliphatic carbocycles. The van der Waals surface area contributed by atoms with Crippen LogP contribution < -0.4 is 10.6 Å². The highest BCUT2D eigenvalue weighted by Gasteiger charge is 2.05. The van der Waals surface area contributed by atoms with E-state index in [0.717, 1.165) is 18.8 Å². The molecule has 0 saturated carbocycles. The van der Waals surface area contributed by atoms with Crippen LogP contribution in [0.15, 0.2) is 24.3 Å². The maximum Gasteiger partial charge on any atom is 0.176 e. The Bertz CT molecular complexity index is 315. The summed E-state index contributed by atoms with van der Waals surface area (Å²) in [5, 5.41) is 0. The van der Waals surface area contributed by atoms with Crippen LogP contribution in [0.1, 0.15) is 24.2 Å². The minimum Gasteiger partial charge on any atom is -0.372 e. The molecule has 0 radical (unpaired) electrons. The molecule has 0 saturated heterocycles. The van der Waals surface area contributed by atoms with Gasteiger partial charge in [-0.25, -0.2) is 0 Å². The van der Waals surface area contributed by atoms with Crippen molar-refractivity contribution in [1.82, 2.24) is 0 Å². The van der Waals surface area contributed by atoms with E-state index in [-0.39, 0.29) is 12.3 Å². The van der Waals surface area contributed by atoms with Gasteiger partial charge in [-0.05, 0) is 38.1 Å². The first-order valence-electron chi connectivity index (χ1n) is 5.31. The van der Waals surface area contributed by atoms with Gasteiger partial charge >= 0.3 is 0 Å². The Morgan fingerprint density at radius 1 is 1.20 bits per heavy atom. The zero-order chi connectivity index (χ0) is 11.3. The van der Waals surface area contributed by atoms with Crippen molar-refractivity contribution < 1.29 is 4.79 Å². The second-order valence-corrected chi connectivity index (χ2v) is 3.35. The van der Waals surface area contributed by atoms with Gasteiger partial charge < -0.3 is 10.6 Å². The van der Waals surface area contributed by atoms with E-state index in [1.807, 2.05) is 24.3 Å². The first-order valence-corrected chi connectivity index (χ1v) is 5.31. The predicted molar refractivity (Wildman–Crippen MR) is 63.4 cm³/mol. The molecule has 1 aromatic rings. The van der Waals surface area contributed by atoms with E-state index in [2.05, 4.69) is 18.7 Å². The van der Waals surface area contributed by atoms with Crippen molar-refractivity contribution in [2.24, 2.45) is 5.73 Å². The molecular weight excluding hydrogens is 188 g/mol. The van der Waals surface area contributed by atoms with Crippen molar-refractivity contribution in [2.45, 2.75) is 13.8 Å². The van der Waals surface area contributed by atoms with Gasteiger partial charge in [-0.3, -0.25) is 4.79 Å². The Kier molecular flexibility index (Phi) is 4.31. The van der Waals surface area contributed by atoms with Gasteiger partial charge in [0, 0.05) is 24.3 Å². The van der Waals surface area contributed by atoms with Gasteiger partial charge in [-0.1, -0.05) is 0 Å². The third kappa shape index (κ3) is 2.80. The number of rotatable bonds is 5. The fourth-order valence-electron chi connectivity index (χ4n) is 1.56. The number of carbonyl (C=O) groups excluding carboxylic acids is 1. The van der Waals surface area contributed by atoms with Gasteiger partial charge in [0.05, 0.1) is 6.54 Å². The first kappa shape index (κ1) is 11.7. The number of hydrogen-bond acceptors (Lipinski definition) is 3. The van der Waals surface area contributed by atoms with Crippen LogP contribution in [0.5, 0.6) is 0 Å².